The van der Waals surface area contributed by atoms with Crippen LogP contribution in [0.2, 0.25) is 5.02 Å². The number of methoxy groups -OCH3 is 1. The number of anilines is 1. The molecule has 2 aromatic rings. The van der Waals surface area contributed by atoms with Gasteiger partial charge in [0.05, 0.1) is 23.0 Å². The standard InChI is InChI=1S/C13H15ClN4O/c1-19-12-9-3-2-4-10(14)11(9)16-13(17-12)18-7-5-15-6-8-18/h2-4,15H,5-8H2,1H3. The Morgan fingerprint density at radius 3 is 2.79 bits per heavy atom. The number of hydrogen-bond acceptors (Lipinski definition) is 5. The van der Waals surface area contributed by atoms with Crippen molar-refractivity contribution < 1.29 is 4.74 Å². The van der Waals surface area contributed by atoms with Crippen molar-refractivity contribution in [2.45, 2.75) is 0 Å². The molecule has 3 rings (SSSR count). The molecule has 1 saturated heterocycles. The second-order valence-electron chi connectivity index (χ2n) is 4.41. The largest absolute Gasteiger partial charge is 0.480 e. The molecule has 1 aromatic heterocycles. The smallest absolute Gasteiger partial charge is 0.229 e. The van der Waals surface area contributed by atoms with Crippen LogP contribution in [0.3, 0.4) is 0 Å². The minimum atomic E-state index is 0.570. The minimum Gasteiger partial charge on any atom is -0.480 e. The Labute approximate surface area is 116 Å². The van der Waals surface area contributed by atoms with Crippen LogP contribution in [-0.4, -0.2) is 43.3 Å². The van der Waals surface area contributed by atoms with E-state index < -0.39 is 0 Å². The number of benzene rings is 1. The van der Waals surface area contributed by atoms with E-state index in [1.54, 1.807) is 7.11 Å². The van der Waals surface area contributed by atoms with E-state index in [0.29, 0.717) is 16.9 Å². The Hall–Kier alpha value is -1.59. The molecule has 19 heavy (non-hydrogen) atoms. The second kappa shape index (κ2) is 5.19. The van der Waals surface area contributed by atoms with Gasteiger partial charge in [0, 0.05) is 26.2 Å². The third kappa shape index (κ3) is 2.31. The first-order valence-electron chi connectivity index (χ1n) is 6.25. The molecule has 0 radical (unpaired) electrons. The van der Waals surface area contributed by atoms with Gasteiger partial charge in [-0.05, 0) is 12.1 Å². The molecule has 1 aliphatic rings. The van der Waals surface area contributed by atoms with Gasteiger partial charge in [-0.25, -0.2) is 4.98 Å². The fourth-order valence-electron chi connectivity index (χ4n) is 2.24. The maximum Gasteiger partial charge on any atom is 0.229 e. The number of hydrogen-bond donors (Lipinski definition) is 1. The Balaban J connectivity index is 2.12. The molecule has 0 spiro atoms. The minimum absolute atomic E-state index is 0.570. The van der Waals surface area contributed by atoms with E-state index in [0.717, 1.165) is 37.1 Å². The molecule has 100 valence electrons. The van der Waals surface area contributed by atoms with Crippen LogP contribution < -0.4 is 15.0 Å². The predicted octanol–water partition coefficient (Wildman–Crippen LogP) is 1.70. The molecule has 6 heteroatoms. The van der Waals surface area contributed by atoms with Gasteiger partial charge in [0.2, 0.25) is 11.8 Å². The fraction of sp³-hybridized carbons (Fsp3) is 0.385. The van der Waals surface area contributed by atoms with Gasteiger partial charge >= 0.3 is 0 Å². The first-order chi connectivity index (χ1) is 9.29. The van der Waals surface area contributed by atoms with Gasteiger partial charge in [-0.3, -0.25) is 0 Å². The van der Waals surface area contributed by atoms with Gasteiger partial charge in [0.25, 0.3) is 0 Å². The van der Waals surface area contributed by atoms with Crippen LogP contribution in [0.4, 0.5) is 5.95 Å². The van der Waals surface area contributed by atoms with Crippen molar-refractivity contribution in [3.8, 4) is 5.88 Å². The highest BCUT2D eigenvalue weighted by Gasteiger charge is 2.17. The zero-order valence-corrected chi connectivity index (χ0v) is 11.4. The second-order valence-corrected chi connectivity index (χ2v) is 4.81. The molecule has 0 amide bonds. The zero-order valence-electron chi connectivity index (χ0n) is 10.7. The number of para-hydroxylation sites is 1. The zero-order chi connectivity index (χ0) is 13.2. The molecule has 1 N–H and O–H groups in total. The average molecular weight is 279 g/mol. The van der Waals surface area contributed by atoms with Crippen molar-refractivity contribution in [1.82, 2.24) is 15.3 Å². The lowest BCUT2D eigenvalue weighted by Crippen LogP contribution is -2.44. The van der Waals surface area contributed by atoms with E-state index in [-0.39, 0.29) is 0 Å². The molecular formula is C13H15ClN4O. The number of rotatable bonds is 2. The summed E-state index contributed by atoms with van der Waals surface area (Å²) in [5, 5.41) is 4.77. The SMILES string of the molecule is COc1nc(N2CCNCC2)nc2c(Cl)cccc12. The third-order valence-corrected chi connectivity index (χ3v) is 3.53. The van der Waals surface area contributed by atoms with Crippen LogP contribution in [0.15, 0.2) is 18.2 Å². The Bertz CT molecular complexity index is 598. The molecule has 1 aliphatic heterocycles. The van der Waals surface area contributed by atoms with Gasteiger partial charge in [-0.15, -0.1) is 0 Å². The number of nitrogens with one attached hydrogen (secondary N) is 1. The molecule has 2 heterocycles. The van der Waals surface area contributed by atoms with Gasteiger partial charge in [-0.1, -0.05) is 17.7 Å². The Morgan fingerprint density at radius 1 is 1.26 bits per heavy atom. The van der Waals surface area contributed by atoms with E-state index in [2.05, 4.69) is 20.2 Å². The van der Waals surface area contributed by atoms with Crippen molar-refractivity contribution in [2.24, 2.45) is 0 Å². The summed E-state index contributed by atoms with van der Waals surface area (Å²) in [7, 11) is 1.62. The molecular weight excluding hydrogens is 264 g/mol. The summed E-state index contributed by atoms with van der Waals surface area (Å²) < 4.78 is 5.36. The number of fused-ring (bicyclic) bond motifs is 1. The number of piperazine rings is 1. The molecule has 0 bridgehead atoms. The summed E-state index contributed by atoms with van der Waals surface area (Å²) >= 11 is 6.22. The van der Waals surface area contributed by atoms with Crippen LogP contribution in [0.25, 0.3) is 10.9 Å². The molecule has 0 saturated carbocycles. The fourth-order valence-corrected chi connectivity index (χ4v) is 2.46. The molecule has 1 fully saturated rings. The van der Waals surface area contributed by atoms with Gasteiger partial charge < -0.3 is 15.0 Å². The lowest BCUT2D eigenvalue weighted by molar-refractivity contribution is 0.402. The van der Waals surface area contributed by atoms with Crippen LogP contribution in [0.1, 0.15) is 0 Å². The lowest BCUT2D eigenvalue weighted by Gasteiger charge is -2.27. The number of nitrogens with zero attached hydrogens (tertiary/aromatic N) is 3. The van der Waals surface area contributed by atoms with Gasteiger partial charge in [0.1, 0.15) is 0 Å². The number of halogens is 1. The van der Waals surface area contributed by atoms with Crippen molar-refractivity contribution in [3.05, 3.63) is 23.2 Å². The van der Waals surface area contributed by atoms with E-state index in [1.165, 1.54) is 0 Å². The summed E-state index contributed by atoms with van der Waals surface area (Å²) in [6, 6.07) is 5.63. The third-order valence-electron chi connectivity index (χ3n) is 3.22. The van der Waals surface area contributed by atoms with Crippen LogP contribution in [0.5, 0.6) is 5.88 Å². The topological polar surface area (TPSA) is 50.3 Å². The van der Waals surface area contributed by atoms with Crippen LogP contribution in [-0.2, 0) is 0 Å². The number of ether oxygens (including phenoxy) is 1. The normalized spacial score (nSPS) is 15.8. The summed E-state index contributed by atoms with van der Waals surface area (Å²) in [6.45, 7) is 3.65. The number of aromatic nitrogens is 2. The molecule has 0 aliphatic carbocycles. The van der Waals surface area contributed by atoms with Crippen molar-refractivity contribution in [3.63, 3.8) is 0 Å². The van der Waals surface area contributed by atoms with Gasteiger partial charge in [-0.2, -0.15) is 4.98 Å². The monoisotopic (exact) mass is 278 g/mol. The predicted molar refractivity (Wildman–Crippen MR) is 76.2 cm³/mol. The summed E-state index contributed by atoms with van der Waals surface area (Å²) in [5.74, 6) is 1.25. The summed E-state index contributed by atoms with van der Waals surface area (Å²) in [6.07, 6.45) is 0. The van der Waals surface area contributed by atoms with E-state index in [1.807, 2.05) is 18.2 Å². The molecule has 0 unspecified atom stereocenters. The van der Waals surface area contributed by atoms with E-state index >= 15 is 0 Å². The first-order valence-corrected chi connectivity index (χ1v) is 6.63. The highest BCUT2D eigenvalue weighted by Crippen LogP contribution is 2.29. The molecule has 1 aromatic carbocycles. The van der Waals surface area contributed by atoms with Crippen molar-refractivity contribution in [1.29, 1.82) is 0 Å². The Kier molecular flexibility index (Phi) is 3.40. The van der Waals surface area contributed by atoms with E-state index in [4.69, 9.17) is 16.3 Å². The average Bonchev–Trinajstić information content (AvgIpc) is 2.48. The van der Waals surface area contributed by atoms with Crippen LogP contribution >= 0.6 is 11.6 Å². The maximum absolute atomic E-state index is 6.22. The molecule has 5 nitrogen and oxygen atoms in total. The lowest BCUT2D eigenvalue weighted by atomic mass is 10.2. The van der Waals surface area contributed by atoms with Crippen LogP contribution in [0, 0.1) is 0 Å². The van der Waals surface area contributed by atoms with Gasteiger partial charge in [0.15, 0.2) is 0 Å². The highest BCUT2D eigenvalue weighted by molar-refractivity contribution is 6.35. The van der Waals surface area contributed by atoms with Crippen molar-refractivity contribution >= 4 is 28.5 Å². The maximum atomic E-state index is 6.22. The van der Waals surface area contributed by atoms with Crippen molar-refractivity contribution in [2.75, 3.05) is 38.2 Å². The first kappa shape index (κ1) is 12.4. The molecule has 0 atom stereocenters. The van der Waals surface area contributed by atoms with E-state index in [9.17, 15) is 0 Å². The summed E-state index contributed by atoms with van der Waals surface area (Å²) in [4.78, 5) is 11.2. The quantitative estimate of drug-likeness (QED) is 0.906. The highest BCUT2D eigenvalue weighted by atomic mass is 35.5. The Morgan fingerprint density at radius 2 is 2.05 bits per heavy atom. The summed E-state index contributed by atoms with van der Waals surface area (Å²) in [5.41, 5.74) is 0.740.